The van der Waals surface area contributed by atoms with Crippen molar-refractivity contribution < 1.29 is 23.9 Å². The van der Waals surface area contributed by atoms with Crippen LogP contribution in [0.2, 0.25) is 0 Å². The number of nitrogens with zero attached hydrogens (tertiary/aromatic N) is 1. The summed E-state index contributed by atoms with van der Waals surface area (Å²) in [7, 11) is 1.61. The lowest BCUT2D eigenvalue weighted by Gasteiger charge is -2.16. The minimum absolute atomic E-state index is 0.0897. The maximum atomic E-state index is 12.5. The van der Waals surface area contributed by atoms with Crippen LogP contribution in [0.1, 0.15) is 55.4 Å². The molecule has 0 saturated heterocycles. The first-order valence-electron chi connectivity index (χ1n) is 8.34. The normalized spacial score (nSPS) is 13.3. The van der Waals surface area contributed by atoms with Crippen molar-refractivity contribution >= 4 is 17.8 Å². The van der Waals surface area contributed by atoms with Gasteiger partial charge in [-0.1, -0.05) is 0 Å². The number of amides is 2. The zero-order valence-corrected chi connectivity index (χ0v) is 14.6. The summed E-state index contributed by atoms with van der Waals surface area (Å²) in [5.74, 6) is -0.737. The van der Waals surface area contributed by atoms with Crippen LogP contribution in [-0.2, 0) is 6.54 Å². The van der Waals surface area contributed by atoms with Gasteiger partial charge >= 0.3 is 5.97 Å². The van der Waals surface area contributed by atoms with E-state index in [1.165, 1.54) is 11.0 Å². The third-order valence-electron chi connectivity index (χ3n) is 4.25. The molecule has 2 aromatic rings. The lowest BCUT2D eigenvalue weighted by Crippen LogP contribution is -2.27. The molecule has 1 aliphatic rings. The zero-order valence-electron chi connectivity index (χ0n) is 14.6. The number of carbonyl (C=O) groups excluding carboxylic acids is 2. The number of benzene rings is 1. The number of aryl methyl sites for hydroxylation is 1. The van der Waals surface area contributed by atoms with Gasteiger partial charge in [0.2, 0.25) is 0 Å². The number of carbonyl (C=O) groups is 3. The lowest BCUT2D eigenvalue weighted by molar-refractivity contribution is 0.0693. The molecule has 1 fully saturated rings. The highest BCUT2D eigenvalue weighted by molar-refractivity contribution is 5.98. The monoisotopic (exact) mass is 356 g/mol. The number of carboxylic acids is 1. The van der Waals surface area contributed by atoms with E-state index in [9.17, 15) is 14.4 Å². The fraction of sp³-hybridized carbons (Fsp3) is 0.316. The van der Waals surface area contributed by atoms with Crippen molar-refractivity contribution in [3.8, 4) is 0 Å². The molecule has 7 heteroatoms. The van der Waals surface area contributed by atoms with Crippen LogP contribution in [0.3, 0.4) is 0 Å². The van der Waals surface area contributed by atoms with Crippen molar-refractivity contribution in [2.75, 3.05) is 7.05 Å². The van der Waals surface area contributed by atoms with Crippen LogP contribution >= 0.6 is 0 Å². The van der Waals surface area contributed by atoms with Crippen molar-refractivity contribution in [1.29, 1.82) is 0 Å². The Labute approximate surface area is 150 Å². The van der Waals surface area contributed by atoms with Gasteiger partial charge in [0.05, 0.1) is 6.54 Å². The van der Waals surface area contributed by atoms with E-state index in [0.717, 1.165) is 12.8 Å². The van der Waals surface area contributed by atoms with E-state index in [4.69, 9.17) is 9.52 Å². The number of rotatable bonds is 6. The molecule has 0 aliphatic heterocycles. The number of aromatic carboxylic acids is 1. The highest BCUT2D eigenvalue weighted by Gasteiger charge is 2.24. The Balaban J connectivity index is 1.65. The third kappa shape index (κ3) is 3.93. The van der Waals surface area contributed by atoms with E-state index >= 15 is 0 Å². The number of hydrogen-bond acceptors (Lipinski definition) is 4. The second-order valence-corrected chi connectivity index (χ2v) is 6.47. The van der Waals surface area contributed by atoms with E-state index in [0.29, 0.717) is 22.6 Å². The summed E-state index contributed by atoms with van der Waals surface area (Å²) < 4.78 is 5.40. The van der Waals surface area contributed by atoms with Gasteiger partial charge in [-0.25, -0.2) is 4.79 Å². The van der Waals surface area contributed by atoms with E-state index in [1.807, 2.05) is 0 Å². The molecule has 1 saturated carbocycles. The molecule has 0 radical (unpaired) electrons. The van der Waals surface area contributed by atoms with Crippen molar-refractivity contribution in [1.82, 2.24) is 10.2 Å². The highest BCUT2D eigenvalue weighted by Crippen LogP contribution is 2.20. The molecular formula is C19H20N2O5. The fourth-order valence-electron chi connectivity index (χ4n) is 2.62. The Morgan fingerprint density at radius 1 is 1.19 bits per heavy atom. The van der Waals surface area contributed by atoms with Gasteiger partial charge in [-0.3, -0.25) is 9.59 Å². The Morgan fingerprint density at radius 3 is 2.35 bits per heavy atom. The Kier molecular flexibility index (Phi) is 4.79. The van der Waals surface area contributed by atoms with Crippen LogP contribution in [0.15, 0.2) is 34.7 Å². The number of hydrogen-bond donors (Lipinski definition) is 2. The molecule has 26 heavy (non-hydrogen) atoms. The quantitative estimate of drug-likeness (QED) is 0.828. The Hall–Kier alpha value is -3.09. The molecule has 1 aromatic carbocycles. The molecule has 1 heterocycles. The van der Waals surface area contributed by atoms with Crippen molar-refractivity contribution in [2.45, 2.75) is 32.4 Å². The summed E-state index contributed by atoms with van der Waals surface area (Å²) in [6.45, 7) is 1.72. The third-order valence-corrected chi connectivity index (χ3v) is 4.25. The molecule has 0 atom stereocenters. The molecule has 136 valence electrons. The molecule has 7 nitrogen and oxygen atoms in total. The summed E-state index contributed by atoms with van der Waals surface area (Å²) in [5, 5.41) is 12.0. The van der Waals surface area contributed by atoms with E-state index in [2.05, 4.69) is 5.32 Å². The predicted octanol–water partition coefficient (Wildman–Crippen LogP) is 2.45. The highest BCUT2D eigenvalue weighted by atomic mass is 16.4. The Bertz CT molecular complexity index is 849. The minimum Gasteiger partial charge on any atom is -0.478 e. The molecule has 3 rings (SSSR count). The van der Waals surface area contributed by atoms with Gasteiger partial charge < -0.3 is 19.7 Å². The summed E-state index contributed by atoms with van der Waals surface area (Å²) in [5.41, 5.74) is 1.05. The standard InChI is InChI=1S/C19H20N2O5/c1-11-16(19(24)25)9-15(26-11)10-21(2)18(23)13-5-3-12(4-6-13)17(22)20-14-7-8-14/h3-6,9,14H,7-8,10H2,1-2H3,(H,20,22)(H,24,25). The minimum atomic E-state index is -1.06. The van der Waals surface area contributed by atoms with Gasteiger partial charge in [-0.15, -0.1) is 0 Å². The van der Waals surface area contributed by atoms with Crippen LogP contribution in [-0.4, -0.2) is 40.9 Å². The maximum Gasteiger partial charge on any atom is 0.339 e. The molecule has 2 N–H and O–H groups in total. The maximum absolute atomic E-state index is 12.5. The van der Waals surface area contributed by atoms with Crippen LogP contribution < -0.4 is 5.32 Å². The van der Waals surface area contributed by atoms with Gasteiger partial charge in [-0.05, 0) is 50.1 Å². The fourth-order valence-corrected chi connectivity index (χ4v) is 2.62. The molecule has 0 unspecified atom stereocenters. The molecule has 0 bridgehead atoms. The predicted molar refractivity (Wildman–Crippen MR) is 93.1 cm³/mol. The second-order valence-electron chi connectivity index (χ2n) is 6.47. The van der Waals surface area contributed by atoms with Gasteiger partial charge in [0.25, 0.3) is 11.8 Å². The van der Waals surface area contributed by atoms with Gasteiger partial charge in [-0.2, -0.15) is 0 Å². The Morgan fingerprint density at radius 2 is 1.81 bits per heavy atom. The van der Waals surface area contributed by atoms with E-state index < -0.39 is 5.97 Å². The van der Waals surface area contributed by atoms with Crippen LogP contribution in [0, 0.1) is 6.92 Å². The lowest BCUT2D eigenvalue weighted by atomic mass is 10.1. The van der Waals surface area contributed by atoms with Crippen molar-refractivity contribution in [3.63, 3.8) is 0 Å². The van der Waals surface area contributed by atoms with Crippen LogP contribution in [0.5, 0.6) is 0 Å². The number of carboxylic acid groups (broad SMARTS) is 1. The molecular weight excluding hydrogens is 336 g/mol. The first-order valence-corrected chi connectivity index (χ1v) is 8.34. The van der Waals surface area contributed by atoms with Crippen LogP contribution in [0.25, 0.3) is 0 Å². The molecule has 2 amide bonds. The summed E-state index contributed by atoms with van der Waals surface area (Å²) >= 11 is 0. The summed E-state index contributed by atoms with van der Waals surface area (Å²) in [6.07, 6.45) is 2.03. The van der Waals surface area contributed by atoms with Gasteiger partial charge in [0.15, 0.2) is 0 Å². The zero-order chi connectivity index (χ0) is 18.8. The summed E-state index contributed by atoms with van der Waals surface area (Å²) in [6, 6.07) is 8.17. The van der Waals surface area contributed by atoms with E-state index in [-0.39, 0.29) is 30.0 Å². The topological polar surface area (TPSA) is 99.9 Å². The van der Waals surface area contributed by atoms with Crippen molar-refractivity contribution in [2.24, 2.45) is 0 Å². The number of nitrogens with one attached hydrogen (secondary N) is 1. The first kappa shape index (κ1) is 17.7. The molecule has 1 aliphatic carbocycles. The second kappa shape index (κ2) is 7.03. The average Bonchev–Trinajstić information content (AvgIpc) is 3.34. The SMILES string of the molecule is Cc1oc(CN(C)C(=O)c2ccc(C(=O)NC3CC3)cc2)cc1C(=O)O. The molecule has 0 spiro atoms. The van der Waals surface area contributed by atoms with Crippen molar-refractivity contribution in [3.05, 3.63) is 58.5 Å². The largest absolute Gasteiger partial charge is 0.478 e. The number of furan rings is 1. The molecule has 1 aromatic heterocycles. The van der Waals surface area contributed by atoms with Gasteiger partial charge in [0.1, 0.15) is 17.1 Å². The smallest absolute Gasteiger partial charge is 0.339 e. The van der Waals surface area contributed by atoms with E-state index in [1.54, 1.807) is 38.2 Å². The van der Waals surface area contributed by atoms with Gasteiger partial charge in [0, 0.05) is 24.2 Å². The van der Waals surface area contributed by atoms with Crippen LogP contribution in [0.4, 0.5) is 0 Å². The first-order chi connectivity index (χ1) is 12.3. The summed E-state index contributed by atoms with van der Waals surface area (Å²) in [4.78, 5) is 37.0. The average molecular weight is 356 g/mol.